The van der Waals surface area contributed by atoms with Crippen LogP contribution in [0.4, 0.5) is 0 Å². The lowest BCUT2D eigenvalue weighted by molar-refractivity contribution is -0.125. The lowest BCUT2D eigenvalue weighted by Crippen LogP contribution is -2.44. The highest BCUT2D eigenvalue weighted by Crippen LogP contribution is 2.36. The molecular weight excluding hydrogens is 312 g/mol. The molecule has 126 valence electrons. The summed E-state index contributed by atoms with van der Waals surface area (Å²) in [4.78, 5) is 14.7. The van der Waals surface area contributed by atoms with Crippen LogP contribution >= 0.6 is 11.6 Å². The number of benzene rings is 1. The minimum Gasteiger partial charge on any atom is -0.379 e. The maximum atomic E-state index is 12.3. The number of halogens is 1. The standard InChI is InChI=1S/C18H25ClN2O2/c1-13(14-6-7-14)18(22)20-12-17(21-8-10-23-11-9-21)15-4-2-3-5-16(15)19/h2-5,13-14,17H,6-12H2,1H3,(H,20,22). The number of hydrogen-bond acceptors (Lipinski definition) is 3. The van der Waals surface area contributed by atoms with Crippen molar-refractivity contribution in [3.8, 4) is 0 Å². The monoisotopic (exact) mass is 336 g/mol. The molecule has 1 N–H and O–H groups in total. The van der Waals surface area contributed by atoms with Crippen molar-refractivity contribution in [2.45, 2.75) is 25.8 Å². The second-order valence-electron chi connectivity index (χ2n) is 6.56. The molecule has 0 bridgehead atoms. The Morgan fingerprint density at radius 2 is 2.04 bits per heavy atom. The van der Waals surface area contributed by atoms with Gasteiger partial charge in [-0.2, -0.15) is 0 Å². The average molecular weight is 337 g/mol. The van der Waals surface area contributed by atoms with Crippen molar-refractivity contribution >= 4 is 17.5 Å². The molecule has 1 aliphatic heterocycles. The molecule has 23 heavy (non-hydrogen) atoms. The van der Waals surface area contributed by atoms with Gasteiger partial charge in [0.1, 0.15) is 0 Å². The second kappa shape index (κ2) is 7.65. The second-order valence-corrected chi connectivity index (χ2v) is 6.96. The van der Waals surface area contributed by atoms with Gasteiger partial charge in [0.15, 0.2) is 0 Å². The number of nitrogens with one attached hydrogen (secondary N) is 1. The van der Waals surface area contributed by atoms with E-state index >= 15 is 0 Å². The summed E-state index contributed by atoms with van der Waals surface area (Å²) in [6.45, 7) is 5.82. The molecule has 4 nitrogen and oxygen atoms in total. The first-order valence-electron chi connectivity index (χ1n) is 8.50. The summed E-state index contributed by atoms with van der Waals surface area (Å²) in [7, 11) is 0. The highest BCUT2D eigenvalue weighted by Gasteiger charge is 2.33. The number of carbonyl (C=O) groups excluding carboxylic acids is 1. The van der Waals surface area contributed by atoms with Crippen molar-refractivity contribution < 1.29 is 9.53 Å². The molecule has 1 saturated heterocycles. The third-order valence-corrected chi connectivity index (χ3v) is 5.31. The molecule has 2 unspecified atom stereocenters. The molecule has 2 aliphatic rings. The maximum absolute atomic E-state index is 12.3. The maximum Gasteiger partial charge on any atom is 0.223 e. The minimum absolute atomic E-state index is 0.1000. The lowest BCUT2D eigenvalue weighted by Gasteiger charge is -2.35. The number of ether oxygens (including phenoxy) is 1. The van der Waals surface area contributed by atoms with Crippen molar-refractivity contribution in [1.82, 2.24) is 10.2 Å². The van der Waals surface area contributed by atoms with E-state index in [9.17, 15) is 4.79 Å². The van der Waals surface area contributed by atoms with Crippen molar-refractivity contribution in [1.29, 1.82) is 0 Å². The Kier molecular flexibility index (Phi) is 5.57. The molecule has 3 rings (SSSR count). The number of morpholine rings is 1. The summed E-state index contributed by atoms with van der Waals surface area (Å²) < 4.78 is 5.46. The molecule has 0 aromatic heterocycles. The smallest absolute Gasteiger partial charge is 0.223 e. The number of nitrogens with zero attached hydrogens (tertiary/aromatic N) is 1. The zero-order chi connectivity index (χ0) is 16.2. The van der Waals surface area contributed by atoms with E-state index in [-0.39, 0.29) is 17.9 Å². The summed E-state index contributed by atoms with van der Waals surface area (Å²) in [6.07, 6.45) is 2.37. The van der Waals surface area contributed by atoms with Gasteiger partial charge in [0.25, 0.3) is 0 Å². The van der Waals surface area contributed by atoms with Crippen molar-refractivity contribution in [2.75, 3.05) is 32.8 Å². The molecule has 2 fully saturated rings. The summed E-state index contributed by atoms with van der Waals surface area (Å²) in [5.41, 5.74) is 1.08. The first-order valence-corrected chi connectivity index (χ1v) is 8.88. The van der Waals surface area contributed by atoms with Gasteiger partial charge in [-0.05, 0) is 30.4 Å². The molecule has 0 spiro atoms. The zero-order valence-corrected chi connectivity index (χ0v) is 14.4. The largest absolute Gasteiger partial charge is 0.379 e. The van der Waals surface area contributed by atoms with Crippen molar-refractivity contribution in [3.63, 3.8) is 0 Å². The normalized spacial score (nSPS) is 21.7. The number of carbonyl (C=O) groups is 1. The van der Waals surface area contributed by atoms with E-state index in [1.165, 1.54) is 12.8 Å². The Hall–Kier alpha value is -1.10. The fraction of sp³-hybridized carbons (Fsp3) is 0.611. The molecule has 1 saturated carbocycles. The highest BCUT2D eigenvalue weighted by atomic mass is 35.5. The van der Waals surface area contributed by atoms with Crippen LogP contribution in [0, 0.1) is 11.8 Å². The van der Waals surface area contributed by atoms with Crippen LogP contribution in [-0.2, 0) is 9.53 Å². The molecular formula is C18H25ClN2O2. The van der Waals surface area contributed by atoms with E-state index in [1.54, 1.807) is 0 Å². The van der Waals surface area contributed by atoms with Gasteiger partial charge < -0.3 is 10.1 Å². The first kappa shape index (κ1) is 16.7. The van der Waals surface area contributed by atoms with E-state index in [0.717, 1.165) is 36.9 Å². The summed E-state index contributed by atoms with van der Waals surface area (Å²) >= 11 is 6.41. The summed E-state index contributed by atoms with van der Waals surface area (Å²) in [5, 5.41) is 3.90. The number of hydrogen-bond donors (Lipinski definition) is 1. The number of rotatable bonds is 6. The van der Waals surface area contributed by atoms with E-state index in [4.69, 9.17) is 16.3 Å². The minimum atomic E-state index is 0.1000. The molecule has 1 heterocycles. The molecule has 2 atom stereocenters. The van der Waals surface area contributed by atoms with Crippen molar-refractivity contribution in [2.24, 2.45) is 11.8 Å². The quantitative estimate of drug-likeness (QED) is 0.868. The SMILES string of the molecule is CC(C(=O)NCC(c1ccccc1Cl)N1CCOCC1)C1CC1. The Labute approximate surface area is 143 Å². The number of amides is 1. The molecule has 5 heteroatoms. The topological polar surface area (TPSA) is 41.6 Å². The van der Waals surface area contributed by atoms with Crippen LogP contribution < -0.4 is 5.32 Å². The zero-order valence-electron chi connectivity index (χ0n) is 13.6. The van der Waals surface area contributed by atoms with E-state index in [2.05, 4.69) is 16.3 Å². The Bertz CT molecular complexity index is 542. The van der Waals surface area contributed by atoms with Gasteiger partial charge in [0.2, 0.25) is 5.91 Å². The van der Waals surface area contributed by atoms with Crippen molar-refractivity contribution in [3.05, 3.63) is 34.9 Å². The molecule has 1 aromatic rings. The average Bonchev–Trinajstić information content (AvgIpc) is 3.41. The van der Waals surface area contributed by atoms with E-state index < -0.39 is 0 Å². The predicted molar refractivity (Wildman–Crippen MR) is 91.5 cm³/mol. The van der Waals surface area contributed by atoms with Crippen LogP contribution in [0.3, 0.4) is 0 Å². The third-order valence-electron chi connectivity index (χ3n) is 4.96. The van der Waals surface area contributed by atoms with Gasteiger partial charge in [-0.3, -0.25) is 9.69 Å². The van der Waals surface area contributed by atoms with Crippen LogP contribution in [-0.4, -0.2) is 43.7 Å². The van der Waals surface area contributed by atoms with Crippen LogP contribution in [0.15, 0.2) is 24.3 Å². The Balaban J connectivity index is 1.69. The molecule has 1 aromatic carbocycles. The first-order chi connectivity index (χ1) is 11.2. The van der Waals surface area contributed by atoms with Crippen LogP contribution in [0.1, 0.15) is 31.4 Å². The summed E-state index contributed by atoms with van der Waals surface area (Å²) in [5.74, 6) is 0.863. The fourth-order valence-corrected chi connectivity index (χ4v) is 3.50. The summed E-state index contributed by atoms with van der Waals surface area (Å²) in [6, 6.07) is 8.01. The third kappa shape index (κ3) is 4.25. The fourth-order valence-electron chi connectivity index (χ4n) is 3.24. The van der Waals surface area contributed by atoms with Gasteiger partial charge >= 0.3 is 0 Å². The molecule has 1 aliphatic carbocycles. The van der Waals surface area contributed by atoms with Gasteiger partial charge in [0.05, 0.1) is 19.3 Å². The Morgan fingerprint density at radius 1 is 1.35 bits per heavy atom. The predicted octanol–water partition coefficient (Wildman–Crippen LogP) is 2.88. The van der Waals surface area contributed by atoms with Crippen LogP contribution in [0.5, 0.6) is 0 Å². The Morgan fingerprint density at radius 3 is 2.70 bits per heavy atom. The highest BCUT2D eigenvalue weighted by molar-refractivity contribution is 6.31. The van der Waals surface area contributed by atoms with E-state index in [0.29, 0.717) is 12.5 Å². The van der Waals surface area contributed by atoms with E-state index in [1.807, 2.05) is 25.1 Å². The van der Waals surface area contributed by atoms with Crippen LogP contribution in [0.25, 0.3) is 0 Å². The van der Waals surface area contributed by atoms with Gasteiger partial charge in [0, 0.05) is 30.6 Å². The van der Waals surface area contributed by atoms with Gasteiger partial charge in [-0.25, -0.2) is 0 Å². The van der Waals surface area contributed by atoms with Gasteiger partial charge in [-0.1, -0.05) is 36.7 Å². The lowest BCUT2D eigenvalue weighted by atomic mass is 10.0. The van der Waals surface area contributed by atoms with Gasteiger partial charge in [-0.15, -0.1) is 0 Å². The molecule has 1 amide bonds. The van der Waals surface area contributed by atoms with Crippen LogP contribution in [0.2, 0.25) is 5.02 Å². The molecule has 0 radical (unpaired) electrons.